The first-order chi connectivity index (χ1) is 13.8. The molecule has 5 nitrogen and oxygen atoms in total. The fourth-order valence-corrected chi connectivity index (χ4v) is 3.59. The molecule has 172 valence electrons. The van der Waals surface area contributed by atoms with E-state index in [-0.39, 0.29) is 13.2 Å². The van der Waals surface area contributed by atoms with Crippen LogP contribution in [-0.4, -0.2) is 50.3 Å². The Labute approximate surface area is 180 Å². The van der Waals surface area contributed by atoms with Gasteiger partial charge in [0.15, 0.2) is 0 Å². The third-order valence-corrected chi connectivity index (χ3v) is 5.77. The van der Waals surface area contributed by atoms with Crippen molar-refractivity contribution >= 4 is 7.82 Å². The van der Waals surface area contributed by atoms with Crippen molar-refractivity contribution in [3.63, 3.8) is 0 Å². The van der Waals surface area contributed by atoms with Gasteiger partial charge in [-0.15, -0.1) is 11.8 Å². The average molecular weight is 433 g/mol. The average Bonchev–Trinajstić information content (AvgIpc) is 2.63. The van der Waals surface area contributed by atoms with Gasteiger partial charge >= 0.3 is 7.82 Å². The Hall–Kier alpha value is -0.370. The van der Waals surface area contributed by atoms with E-state index in [0.29, 0.717) is 11.0 Å². The molecular weight excluding hydrogens is 385 g/mol. The summed E-state index contributed by atoms with van der Waals surface area (Å²) in [5, 5.41) is 0. The van der Waals surface area contributed by atoms with Crippen LogP contribution < -0.4 is 0 Å². The van der Waals surface area contributed by atoms with Gasteiger partial charge < -0.3 is 9.38 Å². The molecule has 1 atom stereocenters. The van der Waals surface area contributed by atoms with Gasteiger partial charge in [-0.25, -0.2) is 4.57 Å². The lowest BCUT2D eigenvalue weighted by Crippen LogP contribution is -2.37. The number of likely N-dealkylation sites (N-methyl/N-ethyl adjacent to an activating group) is 1. The van der Waals surface area contributed by atoms with Crippen LogP contribution in [0.1, 0.15) is 96.8 Å². The monoisotopic (exact) mass is 432 g/mol. The van der Waals surface area contributed by atoms with Crippen LogP contribution in [0.5, 0.6) is 0 Å². The summed E-state index contributed by atoms with van der Waals surface area (Å²) in [7, 11) is 2.13. The SMILES string of the molecule is CCCCCCCCC#CCCCCCCCCOP(=O)(O)OCC[N+](C)(C)C. The fraction of sp³-hybridized carbons (Fsp3) is 0.913. The first-order valence-corrected chi connectivity index (χ1v) is 13.1. The van der Waals surface area contributed by atoms with E-state index in [1.807, 2.05) is 21.1 Å². The van der Waals surface area contributed by atoms with Gasteiger partial charge in [0.1, 0.15) is 13.2 Å². The van der Waals surface area contributed by atoms with E-state index in [0.717, 1.165) is 32.1 Å². The Balaban J connectivity index is 3.39. The molecule has 0 saturated heterocycles. The summed E-state index contributed by atoms with van der Waals surface area (Å²) in [4.78, 5) is 9.63. The number of quaternary nitrogens is 1. The van der Waals surface area contributed by atoms with Crippen LogP contribution >= 0.6 is 7.82 Å². The van der Waals surface area contributed by atoms with Crippen LogP contribution in [0.3, 0.4) is 0 Å². The summed E-state index contributed by atoms with van der Waals surface area (Å²) in [6.45, 7) is 3.42. The highest BCUT2D eigenvalue weighted by Gasteiger charge is 2.21. The molecule has 0 aliphatic heterocycles. The van der Waals surface area contributed by atoms with Crippen molar-refractivity contribution < 1.29 is 23.0 Å². The summed E-state index contributed by atoms with van der Waals surface area (Å²) >= 11 is 0. The van der Waals surface area contributed by atoms with E-state index >= 15 is 0 Å². The number of phosphoric ester groups is 1. The van der Waals surface area contributed by atoms with E-state index in [1.54, 1.807) is 0 Å². The third-order valence-electron chi connectivity index (χ3n) is 4.75. The molecule has 0 amide bonds. The molecule has 0 aromatic rings. The quantitative estimate of drug-likeness (QED) is 0.112. The number of unbranched alkanes of at least 4 members (excludes halogenated alkanes) is 12. The lowest BCUT2D eigenvalue weighted by molar-refractivity contribution is -0.870. The van der Waals surface area contributed by atoms with Crippen molar-refractivity contribution in [2.45, 2.75) is 96.8 Å². The van der Waals surface area contributed by atoms with Crippen molar-refractivity contribution in [2.24, 2.45) is 0 Å². The first kappa shape index (κ1) is 28.6. The largest absolute Gasteiger partial charge is 0.472 e. The summed E-state index contributed by atoms with van der Waals surface area (Å²) in [5.74, 6) is 6.60. The molecule has 0 bridgehead atoms. The highest BCUT2D eigenvalue weighted by molar-refractivity contribution is 7.47. The smallest absolute Gasteiger partial charge is 0.329 e. The van der Waals surface area contributed by atoms with Gasteiger partial charge in [-0.05, 0) is 19.3 Å². The molecule has 0 radical (unpaired) electrons. The van der Waals surface area contributed by atoms with Crippen molar-refractivity contribution in [1.29, 1.82) is 0 Å². The van der Waals surface area contributed by atoms with E-state index in [2.05, 4.69) is 18.8 Å². The highest BCUT2D eigenvalue weighted by Crippen LogP contribution is 2.43. The van der Waals surface area contributed by atoms with Crippen LogP contribution in [0.15, 0.2) is 0 Å². The molecule has 0 aromatic heterocycles. The maximum absolute atomic E-state index is 11.8. The van der Waals surface area contributed by atoms with E-state index in [4.69, 9.17) is 9.05 Å². The predicted molar refractivity (Wildman–Crippen MR) is 123 cm³/mol. The Morgan fingerprint density at radius 2 is 1.17 bits per heavy atom. The molecule has 0 aromatic carbocycles. The topological polar surface area (TPSA) is 55.8 Å². The predicted octanol–water partition coefficient (Wildman–Crippen LogP) is 6.31. The number of rotatable bonds is 19. The molecule has 0 fully saturated rings. The van der Waals surface area contributed by atoms with Gasteiger partial charge in [-0.3, -0.25) is 9.05 Å². The second-order valence-corrected chi connectivity index (χ2v) is 10.3. The van der Waals surface area contributed by atoms with Gasteiger partial charge in [0.05, 0.1) is 27.7 Å². The zero-order valence-electron chi connectivity index (χ0n) is 19.6. The van der Waals surface area contributed by atoms with Crippen molar-refractivity contribution in [3.8, 4) is 11.8 Å². The minimum Gasteiger partial charge on any atom is -0.329 e. The summed E-state index contributed by atoms with van der Waals surface area (Å²) < 4.78 is 22.5. The first-order valence-electron chi connectivity index (χ1n) is 11.6. The van der Waals surface area contributed by atoms with E-state index in [1.165, 1.54) is 57.8 Å². The Morgan fingerprint density at radius 1 is 0.724 bits per heavy atom. The van der Waals surface area contributed by atoms with E-state index < -0.39 is 7.82 Å². The molecule has 1 N–H and O–H groups in total. The standard InChI is InChI=1S/C23H46NO4P/c1-5-6-7-8-9-10-11-12-13-14-15-16-17-18-19-20-22-27-29(25,26)28-23-21-24(2,3)4/h5-11,14-23H2,1-4H3/p+1. The number of phosphoric acid groups is 1. The maximum atomic E-state index is 11.8. The molecule has 0 aliphatic carbocycles. The van der Waals surface area contributed by atoms with Crippen LogP contribution in [0.4, 0.5) is 0 Å². The highest BCUT2D eigenvalue weighted by atomic mass is 31.2. The van der Waals surface area contributed by atoms with Crippen molar-refractivity contribution in [2.75, 3.05) is 40.9 Å². The second-order valence-electron chi connectivity index (χ2n) is 8.89. The molecule has 0 aliphatic rings. The van der Waals surface area contributed by atoms with Gasteiger partial charge in [0.25, 0.3) is 0 Å². The van der Waals surface area contributed by atoms with Gasteiger partial charge in [-0.1, -0.05) is 64.7 Å². The lowest BCUT2D eigenvalue weighted by atomic mass is 10.1. The summed E-state index contributed by atoms with van der Waals surface area (Å²) in [6, 6.07) is 0. The van der Waals surface area contributed by atoms with Gasteiger partial charge in [0, 0.05) is 12.8 Å². The van der Waals surface area contributed by atoms with Gasteiger partial charge in [-0.2, -0.15) is 0 Å². The zero-order valence-corrected chi connectivity index (χ0v) is 20.5. The molecule has 0 spiro atoms. The fourth-order valence-electron chi connectivity index (χ4n) is 2.84. The maximum Gasteiger partial charge on any atom is 0.472 e. The van der Waals surface area contributed by atoms with Gasteiger partial charge in [0.2, 0.25) is 0 Å². The molecule has 29 heavy (non-hydrogen) atoms. The number of hydrogen-bond acceptors (Lipinski definition) is 3. The lowest BCUT2D eigenvalue weighted by Gasteiger charge is -2.24. The summed E-state index contributed by atoms with van der Waals surface area (Å²) in [6.07, 6.45) is 16.6. The number of hydrogen-bond donors (Lipinski definition) is 1. The molecule has 1 unspecified atom stereocenters. The third kappa shape index (κ3) is 23.8. The second kappa shape index (κ2) is 18.4. The molecule has 0 saturated carbocycles. The van der Waals surface area contributed by atoms with Crippen LogP contribution in [0, 0.1) is 11.8 Å². The summed E-state index contributed by atoms with van der Waals surface area (Å²) in [5.41, 5.74) is 0. The molecular formula is C23H47NO4P+. The molecule has 6 heteroatoms. The normalized spacial score (nSPS) is 13.7. The van der Waals surface area contributed by atoms with Crippen LogP contribution in [0.2, 0.25) is 0 Å². The van der Waals surface area contributed by atoms with Crippen LogP contribution in [-0.2, 0) is 13.6 Å². The molecule has 0 heterocycles. The Kier molecular flexibility index (Phi) is 18.2. The molecule has 0 rings (SSSR count). The Morgan fingerprint density at radius 3 is 1.69 bits per heavy atom. The minimum atomic E-state index is -3.89. The number of nitrogens with zero attached hydrogens (tertiary/aromatic N) is 1. The zero-order chi connectivity index (χ0) is 21.8. The Bertz CT molecular complexity index is 479. The van der Waals surface area contributed by atoms with Crippen molar-refractivity contribution in [1.82, 2.24) is 0 Å². The van der Waals surface area contributed by atoms with Crippen molar-refractivity contribution in [3.05, 3.63) is 0 Å². The van der Waals surface area contributed by atoms with Crippen LogP contribution in [0.25, 0.3) is 0 Å². The van der Waals surface area contributed by atoms with E-state index in [9.17, 15) is 9.46 Å². The minimum absolute atomic E-state index is 0.221.